The van der Waals surface area contributed by atoms with Gasteiger partial charge in [-0.1, -0.05) is 12.1 Å². The fourth-order valence-electron chi connectivity index (χ4n) is 1.51. The molecule has 2 nitrogen and oxygen atoms in total. The zero-order valence-corrected chi connectivity index (χ0v) is 9.92. The van der Waals surface area contributed by atoms with E-state index < -0.39 is 0 Å². The van der Waals surface area contributed by atoms with Crippen molar-refractivity contribution >= 4 is 0 Å². The molecule has 0 spiro atoms. The van der Waals surface area contributed by atoms with Crippen LogP contribution < -0.4 is 10.5 Å². The van der Waals surface area contributed by atoms with Crippen LogP contribution in [0.3, 0.4) is 0 Å². The van der Waals surface area contributed by atoms with E-state index in [-0.39, 0.29) is 18.1 Å². The zero-order chi connectivity index (χ0) is 12.5. The number of hydrogen-bond acceptors (Lipinski definition) is 2. The number of unbranched alkanes of at least 4 members (excludes halogenated alkanes) is 3. The quantitative estimate of drug-likeness (QED) is 0.582. The Hall–Kier alpha value is -1.53. The van der Waals surface area contributed by atoms with Gasteiger partial charge in [-0.15, -0.1) is 12.3 Å². The van der Waals surface area contributed by atoms with Crippen molar-refractivity contribution in [2.24, 2.45) is 5.73 Å². The normalized spacial score (nSPS) is 9.94. The van der Waals surface area contributed by atoms with Gasteiger partial charge in [0.25, 0.3) is 0 Å². The first-order valence-corrected chi connectivity index (χ1v) is 5.83. The molecule has 0 aromatic heterocycles. The Morgan fingerprint density at radius 1 is 1.29 bits per heavy atom. The van der Waals surface area contributed by atoms with Crippen LogP contribution in [-0.2, 0) is 6.54 Å². The summed E-state index contributed by atoms with van der Waals surface area (Å²) in [4.78, 5) is 0. The van der Waals surface area contributed by atoms with Gasteiger partial charge in [0.05, 0.1) is 6.61 Å². The summed E-state index contributed by atoms with van der Waals surface area (Å²) in [5, 5.41) is 0. The van der Waals surface area contributed by atoms with E-state index in [9.17, 15) is 4.39 Å². The fourth-order valence-corrected chi connectivity index (χ4v) is 1.51. The second-order valence-corrected chi connectivity index (χ2v) is 3.80. The van der Waals surface area contributed by atoms with Crippen molar-refractivity contribution in [3.8, 4) is 18.1 Å². The van der Waals surface area contributed by atoms with Gasteiger partial charge in [0.15, 0.2) is 11.6 Å². The van der Waals surface area contributed by atoms with Crippen molar-refractivity contribution in [2.75, 3.05) is 6.61 Å². The first-order chi connectivity index (χ1) is 8.29. The fraction of sp³-hybridized carbons (Fsp3) is 0.429. The Labute approximate surface area is 102 Å². The van der Waals surface area contributed by atoms with E-state index in [4.69, 9.17) is 16.9 Å². The summed E-state index contributed by atoms with van der Waals surface area (Å²) in [6, 6.07) is 5.03. The number of hydrogen-bond donors (Lipinski definition) is 1. The molecular formula is C14H18FNO. The first kappa shape index (κ1) is 13.5. The minimum absolute atomic E-state index is 0.186. The van der Waals surface area contributed by atoms with E-state index >= 15 is 0 Å². The van der Waals surface area contributed by atoms with Crippen LogP contribution in [0.15, 0.2) is 18.2 Å². The lowest BCUT2D eigenvalue weighted by Gasteiger charge is -2.09. The third kappa shape index (κ3) is 4.46. The minimum atomic E-state index is -0.348. The zero-order valence-electron chi connectivity index (χ0n) is 9.92. The van der Waals surface area contributed by atoms with Gasteiger partial charge in [0, 0.05) is 18.5 Å². The molecule has 0 saturated heterocycles. The molecule has 1 rings (SSSR count). The number of terminal acetylenes is 1. The molecule has 17 heavy (non-hydrogen) atoms. The van der Waals surface area contributed by atoms with E-state index in [1.54, 1.807) is 18.2 Å². The topological polar surface area (TPSA) is 35.2 Å². The summed E-state index contributed by atoms with van der Waals surface area (Å²) >= 11 is 0. The van der Waals surface area contributed by atoms with Crippen molar-refractivity contribution in [1.82, 2.24) is 0 Å². The molecule has 0 aliphatic heterocycles. The minimum Gasteiger partial charge on any atom is -0.491 e. The predicted octanol–water partition coefficient (Wildman–Crippen LogP) is 2.86. The molecule has 0 fully saturated rings. The number of nitrogens with two attached hydrogens (primary N) is 1. The average molecular weight is 235 g/mol. The van der Waals surface area contributed by atoms with Crippen LogP contribution in [0.4, 0.5) is 4.39 Å². The standard InChI is InChI=1S/C14H18FNO/c1-2-3-4-5-6-10-17-13-9-7-8-12(11-16)14(13)15/h1,7-9H,3-6,10-11,16H2. The van der Waals surface area contributed by atoms with E-state index in [1.165, 1.54) is 0 Å². The molecule has 0 unspecified atom stereocenters. The number of ether oxygens (including phenoxy) is 1. The highest BCUT2D eigenvalue weighted by Gasteiger charge is 2.07. The van der Waals surface area contributed by atoms with E-state index in [0.717, 1.165) is 25.7 Å². The van der Waals surface area contributed by atoms with Crippen LogP contribution in [0, 0.1) is 18.2 Å². The van der Waals surface area contributed by atoms with Crippen molar-refractivity contribution in [3.05, 3.63) is 29.6 Å². The lowest BCUT2D eigenvalue weighted by atomic mass is 10.2. The summed E-state index contributed by atoms with van der Waals surface area (Å²) in [7, 11) is 0. The maximum Gasteiger partial charge on any atom is 0.169 e. The van der Waals surface area contributed by atoms with Gasteiger partial charge in [0.1, 0.15) is 0 Å². The molecule has 0 aliphatic carbocycles. The molecule has 1 aromatic carbocycles. The van der Waals surface area contributed by atoms with E-state index in [2.05, 4.69) is 5.92 Å². The van der Waals surface area contributed by atoms with E-state index in [0.29, 0.717) is 12.2 Å². The van der Waals surface area contributed by atoms with Crippen molar-refractivity contribution in [1.29, 1.82) is 0 Å². The first-order valence-electron chi connectivity index (χ1n) is 5.83. The van der Waals surface area contributed by atoms with Gasteiger partial charge in [-0.3, -0.25) is 0 Å². The Bertz CT molecular complexity index is 384. The third-order valence-electron chi connectivity index (χ3n) is 2.49. The average Bonchev–Trinajstić information content (AvgIpc) is 2.35. The molecule has 2 N–H and O–H groups in total. The molecule has 0 bridgehead atoms. The maximum absolute atomic E-state index is 13.7. The molecular weight excluding hydrogens is 217 g/mol. The van der Waals surface area contributed by atoms with Gasteiger partial charge >= 0.3 is 0 Å². The highest BCUT2D eigenvalue weighted by molar-refractivity contribution is 5.30. The summed E-state index contributed by atoms with van der Waals surface area (Å²) < 4.78 is 19.0. The molecule has 0 amide bonds. The van der Waals surface area contributed by atoms with Crippen LogP contribution >= 0.6 is 0 Å². The van der Waals surface area contributed by atoms with Crippen molar-refractivity contribution in [3.63, 3.8) is 0 Å². The molecule has 3 heteroatoms. The van der Waals surface area contributed by atoms with Crippen LogP contribution in [0.1, 0.15) is 31.2 Å². The monoisotopic (exact) mass is 235 g/mol. The highest BCUT2D eigenvalue weighted by Crippen LogP contribution is 2.20. The highest BCUT2D eigenvalue weighted by atomic mass is 19.1. The summed E-state index contributed by atoms with van der Waals surface area (Å²) in [6.07, 6.45) is 8.81. The molecule has 0 aliphatic rings. The number of benzene rings is 1. The maximum atomic E-state index is 13.7. The third-order valence-corrected chi connectivity index (χ3v) is 2.49. The Kier molecular flexibility index (Phi) is 6.13. The van der Waals surface area contributed by atoms with Gasteiger partial charge < -0.3 is 10.5 Å². The Balaban J connectivity index is 2.34. The molecule has 0 saturated carbocycles. The SMILES string of the molecule is C#CCCCCCOc1cccc(CN)c1F. The second-order valence-electron chi connectivity index (χ2n) is 3.80. The molecule has 1 aromatic rings. The Morgan fingerprint density at radius 2 is 2.12 bits per heavy atom. The molecule has 92 valence electrons. The predicted molar refractivity (Wildman–Crippen MR) is 67.1 cm³/mol. The Morgan fingerprint density at radius 3 is 2.82 bits per heavy atom. The lowest BCUT2D eigenvalue weighted by Crippen LogP contribution is -2.04. The van der Waals surface area contributed by atoms with Crippen molar-refractivity contribution < 1.29 is 9.13 Å². The van der Waals surface area contributed by atoms with Crippen LogP contribution in [0.5, 0.6) is 5.75 Å². The summed E-state index contributed by atoms with van der Waals surface area (Å²) in [5.74, 6) is 2.52. The van der Waals surface area contributed by atoms with Crippen LogP contribution in [0.25, 0.3) is 0 Å². The molecule has 0 atom stereocenters. The summed E-state index contributed by atoms with van der Waals surface area (Å²) in [6.45, 7) is 0.695. The van der Waals surface area contributed by atoms with Crippen LogP contribution in [0.2, 0.25) is 0 Å². The van der Waals surface area contributed by atoms with Gasteiger partial charge in [-0.05, 0) is 25.3 Å². The van der Waals surface area contributed by atoms with Crippen LogP contribution in [-0.4, -0.2) is 6.61 Å². The van der Waals surface area contributed by atoms with Gasteiger partial charge in [-0.2, -0.15) is 0 Å². The largest absolute Gasteiger partial charge is 0.491 e. The smallest absolute Gasteiger partial charge is 0.169 e. The van der Waals surface area contributed by atoms with Gasteiger partial charge in [-0.25, -0.2) is 4.39 Å². The van der Waals surface area contributed by atoms with Gasteiger partial charge in [0.2, 0.25) is 0 Å². The summed E-state index contributed by atoms with van der Waals surface area (Å²) in [5.41, 5.74) is 5.90. The molecule has 0 radical (unpaired) electrons. The second kappa shape index (κ2) is 7.70. The van der Waals surface area contributed by atoms with Crippen molar-refractivity contribution in [2.45, 2.75) is 32.2 Å². The lowest BCUT2D eigenvalue weighted by molar-refractivity contribution is 0.290. The van der Waals surface area contributed by atoms with E-state index in [1.807, 2.05) is 0 Å². The molecule has 0 heterocycles. The number of rotatable bonds is 7. The number of halogens is 1.